The number of carbonyl (C=O) groups excluding carboxylic acids is 2. The van der Waals surface area contributed by atoms with Crippen molar-refractivity contribution < 1.29 is 9.59 Å². The molecule has 2 aliphatic heterocycles. The van der Waals surface area contributed by atoms with E-state index in [1.54, 1.807) is 4.90 Å². The normalized spacial score (nSPS) is 19.3. The van der Waals surface area contributed by atoms with Crippen molar-refractivity contribution in [2.75, 3.05) is 19.6 Å². The van der Waals surface area contributed by atoms with E-state index < -0.39 is 0 Å². The van der Waals surface area contributed by atoms with Crippen LogP contribution in [-0.2, 0) is 11.3 Å². The van der Waals surface area contributed by atoms with Crippen LogP contribution in [0.3, 0.4) is 0 Å². The van der Waals surface area contributed by atoms with Gasteiger partial charge in [-0.3, -0.25) is 9.59 Å². The van der Waals surface area contributed by atoms with Crippen molar-refractivity contribution in [3.05, 3.63) is 70.8 Å². The van der Waals surface area contributed by atoms with Gasteiger partial charge >= 0.3 is 0 Å². The first-order chi connectivity index (χ1) is 13.1. The van der Waals surface area contributed by atoms with Crippen molar-refractivity contribution in [1.82, 2.24) is 9.80 Å². The lowest BCUT2D eigenvalue weighted by molar-refractivity contribution is -0.132. The molecule has 0 bridgehead atoms. The van der Waals surface area contributed by atoms with Crippen LogP contribution in [0, 0.1) is 6.92 Å². The highest BCUT2D eigenvalue weighted by Gasteiger charge is 2.29. The average molecular weight is 362 g/mol. The lowest BCUT2D eigenvalue weighted by Gasteiger charge is -2.33. The Morgan fingerprint density at radius 3 is 2.81 bits per heavy atom. The number of carbonyl (C=O) groups is 2. The van der Waals surface area contributed by atoms with E-state index in [0.717, 1.165) is 37.1 Å². The van der Waals surface area contributed by atoms with Crippen LogP contribution in [0.4, 0.5) is 0 Å². The lowest BCUT2D eigenvalue weighted by Crippen LogP contribution is -2.40. The zero-order chi connectivity index (χ0) is 18.8. The van der Waals surface area contributed by atoms with Crippen LogP contribution in [-0.4, -0.2) is 41.2 Å². The summed E-state index contributed by atoms with van der Waals surface area (Å²) in [4.78, 5) is 29.0. The molecule has 0 aromatic heterocycles. The fourth-order valence-corrected chi connectivity index (χ4v) is 4.28. The Bertz CT molecular complexity index is 861. The number of fused-ring (bicyclic) bond motifs is 1. The molecule has 0 radical (unpaired) electrons. The van der Waals surface area contributed by atoms with E-state index in [0.29, 0.717) is 25.4 Å². The molecule has 2 amide bonds. The number of aryl methyl sites for hydroxylation is 1. The Balaban J connectivity index is 1.34. The van der Waals surface area contributed by atoms with Gasteiger partial charge in [0.05, 0.1) is 0 Å². The van der Waals surface area contributed by atoms with Crippen molar-refractivity contribution in [1.29, 1.82) is 0 Å². The van der Waals surface area contributed by atoms with Gasteiger partial charge in [0, 0.05) is 44.1 Å². The fourth-order valence-electron chi connectivity index (χ4n) is 4.28. The molecule has 1 fully saturated rings. The zero-order valence-electron chi connectivity index (χ0n) is 15.9. The standard InChI is InChI=1S/C23H26N2O2/c1-17-6-4-8-18(14-17)19-9-5-12-24(15-19)22(26)11-13-25-16-20-7-2-3-10-21(20)23(25)27/h2-4,6-8,10,14,19H,5,9,11-13,15-16H2,1H3/t19-/m1/s1. The molecule has 2 heterocycles. The molecule has 1 atom stereocenters. The minimum absolute atomic E-state index is 0.0506. The predicted octanol–water partition coefficient (Wildman–Crippen LogP) is 3.75. The molecule has 0 unspecified atom stereocenters. The van der Waals surface area contributed by atoms with Crippen LogP contribution >= 0.6 is 0 Å². The molecule has 2 aliphatic rings. The summed E-state index contributed by atoms with van der Waals surface area (Å²) in [7, 11) is 0. The van der Waals surface area contributed by atoms with E-state index in [1.807, 2.05) is 29.2 Å². The third-order valence-corrected chi connectivity index (χ3v) is 5.78. The number of hydrogen-bond acceptors (Lipinski definition) is 2. The third-order valence-electron chi connectivity index (χ3n) is 5.78. The smallest absolute Gasteiger partial charge is 0.254 e. The van der Waals surface area contributed by atoms with Gasteiger partial charge in [0.2, 0.25) is 5.91 Å². The van der Waals surface area contributed by atoms with Gasteiger partial charge in [-0.2, -0.15) is 0 Å². The van der Waals surface area contributed by atoms with Gasteiger partial charge in [-0.25, -0.2) is 0 Å². The van der Waals surface area contributed by atoms with E-state index in [-0.39, 0.29) is 11.8 Å². The molecule has 0 spiro atoms. The van der Waals surface area contributed by atoms with Crippen molar-refractivity contribution in [3.8, 4) is 0 Å². The lowest BCUT2D eigenvalue weighted by atomic mass is 9.89. The topological polar surface area (TPSA) is 40.6 Å². The highest BCUT2D eigenvalue weighted by atomic mass is 16.2. The molecule has 0 saturated carbocycles. The van der Waals surface area contributed by atoms with Gasteiger partial charge in [-0.15, -0.1) is 0 Å². The number of benzene rings is 2. The number of nitrogens with zero attached hydrogens (tertiary/aromatic N) is 2. The third kappa shape index (κ3) is 3.75. The summed E-state index contributed by atoms with van der Waals surface area (Å²) in [6, 6.07) is 16.3. The summed E-state index contributed by atoms with van der Waals surface area (Å²) in [5, 5.41) is 0. The predicted molar refractivity (Wildman–Crippen MR) is 106 cm³/mol. The maximum absolute atomic E-state index is 12.8. The summed E-state index contributed by atoms with van der Waals surface area (Å²) in [5.74, 6) is 0.631. The fraction of sp³-hybridized carbons (Fsp3) is 0.391. The highest BCUT2D eigenvalue weighted by molar-refractivity contribution is 5.98. The summed E-state index contributed by atoms with van der Waals surface area (Å²) in [6.45, 7) is 4.85. The van der Waals surface area contributed by atoms with E-state index in [2.05, 4.69) is 31.2 Å². The van der Waals surface area contributed by atoms with Crippen molar-refractivity contribution >= 4 is 11.8 Å². The molecule has 0 N–H and O–H groups in total. The Labute approximate surface area is 160 Å². The minimum Gasteiger partial charge on any atom is -0.342 e. The molecule has 4 nitrogen and oxygen atoms in total. The molecule has 4 heteroatoms. The van der Waals surface area contributed by atoms with Crippen LogP contribution in [0.2, 0.25) is 0 Å². The van der Waals surface area contributed by atoms with Crippen LogP contribution in [0.1, 0.15) is 52.2 Å². The molecule has 2 aromatic rings. The number of likely N-dealkylation sites (tertiary alicyclic amines) is 1. The first-order valence-corrected chi connectivity index (χ1v) is 9.83. The van der Waals surface area contributed by atoms with E-state index in [1.165, 1.54) is 11.1 Å². The largest absolute Gasteiger partial charge is 0.342 e. The Hall–Kier alpha value is -2.62. The second-order valence-electron chi connectivity index (χ2n) is 7.73. The Morgan fingerprint density at radius 1 is 1.15 bits per heavy atom. The summed E-state index contributed by atoms with van der Waals surface area (Å²) < 4.78 is 0. The van der Waals surface area contributed by atoms with Gasteiger partial charge in [-0.1, -0.05) is 48.0 Å². The van der Waals surface area contributed by atoms with Crippen molar-refractivity contribution in [2.24, 2.45) is 0 Å². The van der Waals surface area contributed by atoms with Gasteiger partial charge in [0.15, 0.2) is 0 Å². The first-order valence-electron chi connectivity index (χ1n) is 9.83. The number of rotatable bonds is 4. The summed E-state index contributed by atoms with van der Waals surface area (Å²) in [6.07, 6.45) is 2.58. The molecular formula is C23H26N2O2. The quantitative estimate of drug-likeness (QED) is 0.831. The summed E-state index contributed by atoms with van der Waals surface area (Å²) in [5.41, 5.74) is 4.44. The Morgan fingerprint density at radius 2 is 2.00 bits per heavy atom. The molecular weight excluding hydrogens is 336 g/mol. The minimum atomic E-state index is 0.0506. The highest BCUT2D eigenvalue weighted by Crippen LogP contribution is 2.28. The molecule has 2 aromatic carbocycles. The van der Waals surface area contributed by atoms with Crippen LogP contribution in [0.15, 0.2) is 48.5 Å². The molecule has 27 heavy (non-hydrogen) atoms. The second-order valence-corrected chi connectivity index (χ2v) is 7.73. The van der Waals surface area contributed by atoms with Gasteiger partial charge in [-0.05, 0) is 37.0 Å². The second kappa shape index (κ2) is 7.55. The Kier molecular flexibility index (Phi) is 4.97. The number of hydrogen-bond donors (Lipinski definition) is 0. The van der Waals surface area contributed by atoms with E-state index in [4.69, 9.17) is 0 Å². The van der Waals surface area contributed by atoms with E-state index in [9.17, 15) is 9.59 Å². The van der Waals surface area contributed by atoms with Gasteiger partial charge in [0.25, 0.3) is 5.91 Å². The monoisotopic (exact) mass is 362 g/mol. The summed E-state index contributed by atoms with van der Waals surface area (Å²) >= 11 is 0. The average Bonchev–Trinajstić information content (AvgIpc) is 3.02. The molecule has 0 aliphatic carbocycles. The van der Waals surface area contributed by atoms with Crippen molar-refractivity contribution in [3.63, 3.8) is 0 Å². The molecule has 1 saturated heterocycles. The maximum atomic E-state index is 12.8. The molecule has 140 valence electrons. The van der Waals surface area contributed by atoms with Gasteiger partial charge < -0.3 is 9.80 Å². The van der Waals surface area contributed by atoms with Crippen LogP contribution in [0.25, 0.3) is 0 Å². The van der Waals surface area contributed by atoms with Crippen molar-refractivity contribution in [2.45, 2.75) is 38.6 Å². The number of piperidine rings is 1. The number of amides is 2. The first kappa shape index (κ1) is 17.8. The van der Waals surface area contributed by atoms with Gasteiger partial charge in [0.1, 0.15) is 0 Å². The van der Waals surface area contributed by atoms with Crippen LogP contribution in [0.5, 0.6) is 0 Å². The van der Waals surface area contributed by atoms with E-state index >= 15 is 0 Å². The maximum Gasteiger partial charge on any atom is 0.254 e. The van der Waals surface area contributed by atoms with Crippen LogP contribution < -0.4 is 0 Å². The zero-order valence-corrected chi connectivity index (χ0v) is 15.9. The molecule has 4 rings (SSSR count). The SMILES string of the molecule is Cc1cccc([C@@H]2CCCN(C(=O)CCN3Cc4ccccc4C3=O)C2)c1.